The molecule has 0 aliphatic rings. The van der Waals surface area contributed by atoms with E-state index in [9.17, 15) is 14.0 Å². The van der Waals surface area contributed by atoms with Crippen LogP contribution in [0.25, 0.3) is 0 Å². The predicted octanol–water partition coefficient (Wildman–Crippen LogP) is 3.14. The van der Waals surface area contributed by atoms with Crippen LogP contribution in [0.4, 0.5) is 4.39 Å². The number of benzene rings is 2. The summed E-state index contributed by atoms with van der Waals surface area (Å²) in [5.74, 6) is -1.68. The molecule has 0 fully saturated rings. The lowest BCUT2D eigenvalue weighted by Crippen LogP contribution is -2.42. The highest BCUT2D eigenvalue weighted by molar-refractivity contribution is 6.31. The number of halogens is 3. The second-order valence-corrected chi connectivity index (χ2v) is 5.23. The van der Waals surface area contributed by atoms with E-state index in [2.05, 4.69) is 10.9 Å². The minimum Gasteiger partial charge on any atom is -0.273 e. The van der Waals surface area contributed by atoms with E-state index in [0.29, 0.717) is 10.6 Å². The first-order valence-electron chi connectivity index (χ1n) is 6.25. The summed E-state index contributed by atoms with van der Waals surface area (Å²) in [6.07, 6.45) is -0.285. The van der Waals surface area contributed by atoms with Crippen molar-refractivity contribution in [3.63, 3.8) is 0 Å². The maximum Gasteiger partial charge on any atom is 0.269 e. The number of rotatable bonds is 3. The van der Waals surface area contributed by atoms with Crippen molar-refractivity contribution in [3.8, 4) is 0 Å². The van der Waals surface area contributed by atoms with Crippen molar-refractivity contribution in [1.82, 2.24) is 10.9 Å². The molecular weight excluding hydrogens is 330 g/mol. The Morgan fingerprint density at radius 3 is 2.32 bits per heavy atom. The third kappa shape index (κ3) is 4.19. The second kappa shape index (κ2) is 7.24. The highest BCUT2D eigenvalue weighted by Gasteiger charge is 2.13. The van der Waals surface area contributed by atoms with Gasteiger partial charge in [0.1, 0.15) is 5.82 Å². The fraction of sp³-hybridized carbons (Fsp3) is 0.0667. The van der Waals surface area contributed by atoms with Crippen LogP contribution in [0.2, 0.25) is 10.0 Å². The molecule has 22 heavy (non-hydrogen) atoms. The smallest absolute Gasteiger partial charge is 0.269 e. The van der Waals surface area contributed by atoms with Crippen LogP contribution in [-0.2, 0) is 11.2 Å². The summed E-state index contributed by atoms with van der Waals surface area (Å²) in [5, 5.41) is 0.647. The van der Waals surface area contributed by atoms with Gasteiger partial charge < -0.3 is 0 Å². The Morgan fingerprint density at radius 2 is 1.68 bits per heavy atom. The first-order valence-corrected chi connectivity index (χ1v) is 7.00. The van der Waals surface area contributed by atoms with Crippen molar-refractivity contribution in [3.05, 3.63) is 69.5 Å². The van der Waals surface area contributed by atoms with Gasteiger partial charge in [-0.3, -0.25) is 20.4 Å². The van der Waals surface area contributed by atoms with Gasteiger partial charge in [0.2, 0.25) is 5.91 Å². The Labute approximate surface area is 136 Å². The van der Waals surface area contributed by atoms with Gasteiger partial charge in [0.25, 0.3) is 5.91 Å². The first-order chi connectivity index (χ1) is 10.5. The monoisotopic (exact) mass is 340 g/mol. The number of carbonyl (C=O) groups is 2. The molecule has 2 aromatic carbocycles. The second-order valence-electron chi connectivity index (χ2n) is 4.39. The molecule has 2 rings (SSSR count). The average Bonchev–Trinajstić information content (AvgIpc) is 2.49. The summed E-state index contributed by atoms with van der Waals surface area (Å²) >= 11 is 11.5. The first kappa shape index (κ1) is 16.3. The summed E-state index contributed by atoms with van der Waals surface area (Å²) in [6.45, 7) is 0. The molecule has 0 aliphatic carbocycles. The molecule has 0 spiro atoms. The van der Waals surface area contributed by atoms with Crippen LogP contribution < -0.4 is 10.9 Å². The van der Waals surface area contributed by atoms with Crippen molar-refractivity contribution in [2.24, 2.45) is 0 Å². The maximum absolute atomic E-state index is 13.5. The molecule has 0 saturated carbocycles. The lowest BCUT2D eigenvalue weighted by atomic mass is 10.1. The molecule has 4 nitrogen and oxygen atoms in total. The van der Waals surface area contributed by atoms with Crippen molar-refractivity contribution in [2.45, 2.75) is 6.42 Å². The summed E-state index contributed by atoms with van der Waals surface area (Å²) in [6, 6.07) is 10.3. The average molecular weight is 341 g/mol. The van der Waals surface area contributed by atoms with Gasteiger partial charge in [-0.05, 0) is 36.4 Å². The zero-order valence-corrected chi connectivity index (χ0v) is 12.7. The predicted molar refractivity (Wildman–Crippen MR) is 82.2 cm³/mol. The number of hydrazine groups is 1. The minimum atomic E-state index is -0.589. The molecule has 0 aromatic heterocycles. The number of carbonyl (C=O) groups excluding carboxylic acids is 2. The van der Waals surface area contributed by atoms with E-state index in [0.717, 1.165) is 0 Å². The SMILES string of the molecule is O=C(Cc1c(F)cccc1Cl)NNC(=O)c1ccc(Cl)cc1. The van der Waals surface area contributed by atoms with Crippen LogP contribution >= 0.6 is 23.2 Å². The molecule has 0 atom stereocenters. The number of hydrogen-bond acceptors (Lipinski definition) is 2. The van der Waals surface area contributed by atoms with Crippen molar-refractivity contribution in [2.75, 3.05) is 0 Å². The summed E-state index contributed by atoms with van der Waals surface area (Å²) in [5.41, 5.74) is 4.83. The highest BCUT2D eigenvalue weighted by Crippen LogP contribution is 2.19. The Hall–Kier alpha value is -2.11. The summed E-state index contributed by atoms with van der Waals surface area (Å²) in [7, 11) is 0. The van der Waals surface area contributed by atoms with Crippen LogP contribution in [0, 0.1) is 5.82 Å². The van der Waals surface area contributed by atoms with E-state index >= 15 is 0 Å². The molecule has 0 radical (unpaired) electrons. The quantitative estimate of drug-likeness (QED) is 0.843. The van der Waals surface area contributed by atoms with Crippen molar-refractivity contribution < 1.29 is 14.0 Å². The maximum atomic E-state index is 13.5. The molecule has 0 bridgehead atoms. The topological polar surface area (TPSA) is 58.2 Å². The van der Waals surface area contributed by atoms with Gasteiger partial charge in [0.15, 0.2) is 0 Å². The van der Waals surface area contributed by atoms with Gasteiger partial charge in [0, 0.05) is 21.2 Å². The highest BCUT2D eigenvalue weighted by atomic mass is 35.5. The van der Waals surface area contributed by atoms with Gasteiger partial charge in [0.05, 0.1) is 6.42 Å². The molecule has 0 aliphatic heterocycles. The molecular formula is C15H11Cl2FN2O2. The van der Waals surface area contributed by atoms with E-state index in [-0.39, 0.29) is 17.0 Å². The molecule has 2 N–H and O–H groups in total. The molecule has 114 valence electrons. The summed E-state index contributed by atoms with van der Waals surface area (Å²) in [4.78, 5) is 23.5. The minimum absolute atomic E-state index is 0.0717. The number of amides is 2. The van der Waals surface area contributed by atoms with E-state index in [1.54, 1.807) is 12.1 Å². The van der Waals surface area contributed by atoms with Gasteiger partial charge in [-0.2, -0.15) is 0 Å². The van der Waals surface area contributed by atoms with Crippen LogP contribution in [0.3, 0.4) is 0 Å². The van der Waals surface area contributed by atoms with Gasteiger partial charge in [-0.25, -0.2) is 4.39 Å². The third-order valence-corrected chi connectivity index (χ3v) is 3.43. The van der Waals surface area contributed by atoms with E-state index in [1.165, 1.54) is 30.3 Å². The van der Waals surface area contributed by atoms with E-state index < -0.39 is 17.6 Å². The number of hydrogen-bond donors (Lipinski definition) is 2. The molecule has 0 unspecified atom stereocenters. The van der Waals surface area contributed by atoms with Crippen LogP contribution in [0.1, 0.15) is 15.9 Å². The van der Waals surface area contributed by atoms with E-state index in [1.807, 2.05) is 0 Å². The van der Waals surface area contributed by atoms with Crippen LogP contribution in [-0.4, -0.2) is 11.8 Å². The Morgan fingerprint density at radius 1 is 1.00 bits per heavy atom. The normalized spacial score (nSPS) is 10.1. The van der Waals surface area contributed by atoms with Gasteiger partial charge in [-0.1, -0.05) is 29.3 Å². The zero-order chi connectivity index (χ0) is 16.1. The Kier molecular flexibility index (Phi) is 5.35. The largest absolute Gasteiger partial charge is 0.273 e. The van der Waals surface area contributed by atoms with Crippen LogP contribution in [0.15, 0.2) is 42.5 Å². The Balaban J connectivity index is 1.93. The zero-order valence-electron chi connectivity index (χ0n) is 11.2. The van der Waals surface area contributed by atoms with Gasteiger partial charge in [-0.15, -0.1) is 0 Å². The number of nitrogens with one attached hydrogen (secondary N) is 2. The Bertz CT molecular complexity index is 685. The summed E-state index contributed by atoms with van der Waals surface area (Å²) < 4.78 is 13.5. The van der Waals surface area contributed by atoms with Crippen LogP contribution in [0.5, 0.6) is 0 Å². The third-order valence-electron chi connectivity index (χ3n) is 2.82. The fourth-order valence-electron chi connectivity index (χ4n) is 1.71. The lowest BCUT2D eigenvalue weighted by molar-refractivity contribution is -0.121. The lowest BCUT2D eigenvalue weighted by Gasteiger charge is -2.09. The standard InChI is InChI=1S/C15H11Cl2FN2O2/c16-10-6-4-9(5-7-10)15(22)20-19-14(21)8-11-12(17)2-1-3-13(11)18/h1-7H,8H2,(H,19,21)(H,20,22). The molecule has 0 heterocycles. The van der Waals surface area contributed by atoms with E-state index in [4.69, 9.17) is 23.2 Å². The molecule has 7 heteroatoms. The molecule has 2 amide bonds. The van der Waals surface area contributed by atoms with Crippen molar-refractivity contribution >= 4 is 35.0 Å². The van der Waals surface area contributed by atoms with Crippen molar-refractivity contribution in [1.29, 1.82) is 0 Å². The van der Waals surface area contributed by atoms with Gasteiger partial charge >= 0.3 is 0 Å². The fourth-order valence-corrected chi connectivity index (χ4v) is 2.06. The molecule has 0 saturated heterocycles. The molecule has 2 aromatic rings.